The average Bonchev–Trinajstić information content (AvgIpc) is 2.52. The number of carbonyl (C=O) groups is 1. The second-order valence-electron chi connectivity index (χ2n) is 5.50. The first-order chi connectivity index (χ1) is 11.0. The van der Waals surface area contributed by atoms with Crippen molar-refractivity contribution in [1.82, 2.24) is 4.90 Å². The van der Waals surface area contributed by atoms with E-state index in [1.54, 1.807) is 24.9 Å². The second-order valence-corrected chi connectivity index (χ2v) is 5.50. The molecule has 0 unspecified atom stereocenters. The van der Waals surface area contributed by atoms with Gasteiger partial charge in [0, 0.05) is 6.54 Å². The summed E-state index contributed by atoms with van der Waals surface area (Å²) in [5.41, 5.74) is 2.08. The van der Waals surface area contributed by atoms with Crippen molar-refractivity contribution in [2.75, 3.05) is 13.6 Å². The molecule has 120 valence electrons. The molecular formula is C19H20FNO2. The van der Waals surface area contributed by atoms with Gasteiger partial charge in [-0.25, -0.2) is 4.39 Å². The number of likely N-dealkylation sites (N-methyl/N-ethyl adjacent to an activating group) is 1. The molecule has 0 spiro atoms. The smallest absolute Gasteiger partial charge is 0.325 e. The fraction of sp³-hybridized carbons (Fsp3) is 0.211. The summed E-state index contributed by atoms with van der Waals surface area (Å²) in [7, 11) is 1.74. The zero-order valence-electron chi connectivity index (χ0n) is 13.2. The van der Waals surface area contributed by atoms with Crippen LogP contribution in [0.3, 0.4) is 0 Å². The van der Waals surface area contributed by atoms with Gasteiger partial charge in [0.1, 0.15) is 11.9 Å². The third-order valence-electron chi connectivity index (χ3n) is 3.68. The number of aryl methyl sites for hydroxylation is 1. The molecule has 23 heavy (non-hydrogen) atoms. The lowest BCUT2D eigenvalue weighted by Gasteiger charge is -2.24. The molecular weight excluding hydrogens is 293 g/mol. The molecule has 0 saturated heterocycles. The van der Waals surface area contributed by atoms with Crippen molar-refractivity contribution >= 4 is 12.0 Å². The van der Waals surface area contributed by atoms with E-state index in [0.717, 1.165) is 5.56 Å². The van der Waals surface area contributed by atoms with E-state index < -0.39 is 12.0 Å². The van der Waals surface area contributed by atoms with E-state index in [4.69, 9.17) is 0 Å². The van der Waals surface area contributed by atoms with Crippen molar-refractivity contribution in [2.45, 2.75) is 13.0 Å². The van der Waals surface area contributed by atoms with Crippen molar-refractivity contribution in [3.05, 3.63) is 77.1 Å². The van der Waals surface area contributed by atoms with Crippen molar-refractivity contribution in [3.8, 4) is 0 Å². The molecule has 0 amide bonds. The summed E-state index contributed by atoms with van der Waals surface area (Å²) in [6.45, 7) is 2.11. The van der Waals surface area contributed by atoms with Gasteiger partial charge in [-0.1, -0.05) is 54.6 Å². The van der Waals surface area contributed by atoms with Gasteiger partial charge in [0.05, 0.1) is 0 Å². The first-order valence-corrected chi connectivity index (χ1v) is 7.39. The largest absolute Gasteiger partial charge is 0.480 e. The topological polar surface area (TPSA) is 40.5 Å². The Hall–Kier alpha value is -2.46. The van der Waals surface area contributed by atoms with E-state index in [-0.39, 0.29) is 5.82 Å². The molecule has 0 saturated carbocycles. The van der Waals surface area contributed by atoms with E-state index >= 15 is 0 Å². The van der Waals surface area contributed by atoms with Crippen LogP contribution >= 0.6 is 0 Å². The van der Waals surface area contributed by atoms with Crippen LogP contribution < -0.4 is 0 Å². The van der Waals surface area contributed by atoms with Gasteiger partial charge < -0.3 is 5.11 Å². The summed E-state index contributed by atoms with van der Waals surface area (Å²) in [6, 6.07) is 13.4. The van der Waals surface area contributed by atoms with Crippen molar-refractivity contribution < 1.29 is 14.3 Å². The first-order valence-electron chi connectivity index (χ1n) is 7.39. The molecule has 4 heteroatoms. The van der Waals surface area contributed by atoms with Crippen molar-refractivity contribution in [2.24, 2.45) is 0 Å². The van der Waals surface area contributed by atoms with Gasteiger partial charge in [0.15, 0.2) is 0 Å². The van der Waals surface area contributed by atoms with E-state index in [9.17, 15) is 14.3 Å². The van der Waals surface area contributed by atoms with Crippen molar-refractivity contribution in [3.63, 3.8) is 0 Å². The maximum absolute atomic E-state index is 13.4. The number of carboxylic acid groups (broad SMARTS) is 1. The highest BCUT2D eigenvalue weighted by Gasteiger charge is 2.24. The predicted octanol–water partition coefficient (Wildman–Crippen LogP) is 3.91. The molecule has 0 heterocycles. The van der Waals surface area contributed by atoms with E-state index in [1.165, 1.54) is 12.1 Å². The highest BCUT2D eigenvalue weighted by molar-refractivity contribution is 5.75. The van der Waals surface area contributed by atoms with Crippen molar-refractivity contribution in [1.29, 1.82) is 0 Å². The average molecular weight is 313 g/mol. The molecule has 2 aromatic rings. The monoisotopic (exact) mass is 313 g/mol. The predicted molar refractivity (Wildman–Crippen MR) is 89.6 cm³/mol. The highest BCUT2D eigenvalue weighted by atomic mass is 19.1. The molecule has 0 aliphatic rings. The zero-order valence-corrected chi connectivity index (χ0v) is 13.2. The van der Waals surface area contributed by atoms with E-state index in [2.05, 4.69) is 0 Å². The number of aliphatic carboxylic acids is 1. The number of carboxylic acids is 1. The summed E-state index contributed by atoms with van der Waals surface area (Å²) in [5, 5.41) is 9.51. The van der Waals surface area contributed by atoms with Gasteiger partial charge in [-0.2, -0.15) is 0 Å². The summed E-state index contributed by atoms with van der Waals surface area (Å²) in [5.74, 6) is -1.28. The molecule has 3 nitrogen and oxygen atoms in total. The molecule has 2 aromatic carbocycles. The fourth-order valence-corrected chi connectivity index (χ4v) is 2.45. The maximum Gasteiger partial charge on any atom is 0.325 e. The lowest BCUT2D eigenvalue weighted by molar-refractivity contribution is -0.142. The Morgan fingerprint density at radius 2 is 1.96 bits per heavy atom. The number of hydrogen-bond acceptors (Lipinski definition) is 2. The lowest BCUT2D eigenvalue weighted by Crippen LogP contribution is -2.31. The Kier molecular flexibility index (Phi) is 5.66. The third-order valence-corrected chi connectivity index (χ3v) is 3.68. The van der Waals surface area contributed by atoms with Crippen LogP contribution in [-0.4, -0.2) is 29.6 Å². The van der Waals surface area contributed by atoms with Crippen LogP contribution in [0, 0.1) is 12.7 Å². The molecule has 0 aliphatic carbocycles. The standard InChI is InChI=1S/C19H20FNO2/c1-14-13-16(10-11-17(14)20)18(19(22)23)21(2)12-6-9-15-7-4-3-5-8-15/h3-11,13,18H,12H2,1-2H3,(H,22,23)/b9-6+/t18-/m1/s1. The summed E-state index contributed by atoms with van der Waals surface area (Å²) < 4.78 is 13.4. The number of benzene rings is 2. The minimum Gasteiger partial charge on any atom is -0.480 e. The number of hydrogen-bond donors (Lipinski definition) is 1. The van der Waals surface area contributed by atoms with E-state index in [1.807, 2.05) is 42.5 Å². The van der Waals surface area contributed by atoms with Crippen LogP contribution in [-0.2, 0) is 4.79 Å². The zero-order chi connectivity index (χ0) is 16.8. The Bertz CT molecular complexity index is 698. The number of rotatable bonds is 6. The molecule has 0 fully saturated rings. The number of halogens is 1. The molecule has 0 aliphatic heterocycles. The van der Waals surface area contributed by atoms with Gasteiger partial charge in [-0.3, -0.25) is 9.69 Å². The normalized spacial score (nSPS) is 12.7. The third kappa shape index (κ3) is 4.50. The van der Waals surface area contributed by atoms with Crippen LogP contribution in [0.4, 0.5) is 4.39 Å². The Morgan fingerprint density at radius 3 is 2.57 bits per heavy atom. The molecule has 0 radical (unpaired) electrons. The maximum atomic E-state index is 13.4. The fourth-order valence-electron chi connectivity index (χ4n) is 2.45. The minimum absolute atomic E-state index is 0.329. The lowest BCUT2D eigenvalue weighted by atomic mass is 10.0. The summed E-state index contributed by atoms with van der Waals surface area (Å²) in [6.07, 6.45) is 3.87. The van der Waals surface area contributed by atoms with Gasteiger partial charge in [-0.05, 0) is 36.7 Å². The molecule has 1 atom stereocenters. The minimum atomic E-state index is -0.952. The Labute approximate surface area is 135 Å². The van der Waals surface area contributed by atoms with Gasteiger partial charge in [0.2, 0.25) is 0 Å². The summed E-state index contributed by atoms with van der Waals surface area (Å²) in [4.78, 5) is 13.3. The van der Waals surface area contributed by atoms with E-state index in [0.29, 0.717) is 17.7 Å². The van der Waals surface area contributed by atoms with Crippen LogP contribution in [0.2, 0.25) is 0 Å². The Balaban J connectivity index is 2.12. The number of nitrogens with zero attached hydrogens (tertiary/aromatic N) is 1. The van der Waals surface area contributed by atoms with Crippen LogP contribution in [0.25, 0.3) is 6.08 Å². The first kappa shape index (κ1) is 16.9. The molecule has 0 aromatic heterocycles. The Morgan fingerprint density at radius 1 is 1.26 bits per heavy atom. The second kappa shape index (κ2) is 7.70. The molecule has 1 N–H and O–H groups in total. The molecule has 0 bridgehead atoms. The van der Waals surface area contributed by atoms with Gasteiger partial charge in [-0.15, -0.1) is 0 Å². The summed E-state index contributed by atoms with van der Waals surface area (Å²) >= 11 is 0. The SMILES string of the molecule is Cc1cc([C@H](C(=O)O)N(C)C/C=C/c2ccccc2)ccc1F. The molecule has 2 rings (SSSR count). The van der Waals surface area contributed by atoms with Crippen LogP contribution in [0.5, 0.6) is 0 Å². The van der Waals surface area contributed by atoms with Gasteiger partial charge >= 0.3 is 5.97 Å². The highest BCUT2D eigenvalue weighted by Crippen LogP contribution is 2.22. The van der Waals surface area contributed by atoms with Crippen LogP contribution in [0.15, 0.2) is 54.6 Å². The van der Waals surface area contributed by atoms with Crippen LogP contribution in [0.1, 0.15) is 22.7 Å². The quantitative estimate of drug-likeness (QED) is 0.879. The van der Waals surface area contributed by atoms with Gasteiger partial charge in [0.25, 0.3) is 0 Å².